The van der Waals surface area contributed by atoms with Gasteiger partial charge in [0.05, 0.1) is 5.69 Å². The first-order chi connectivity index (χ1) is 11.9. The number of nitrogens with zero attached hydrogens (tertiary/aromatic N) is 1. The number of benzene rings is 1. The van der Waals surface area contributed by atoms with Gasteiger partial charge >= 0.3 is 5.97 Å². The molecule has 0 unspecified atom stereocenters. The molecule has 4 N–H and O–H groups in total. The number of aromatic nitrogens is 1. The Kier molecular flexibility index (Phi) is 4.24. The Morgan fingerprint density at radius 1 is 1.20 bits per heavy atom. The van der Waals surface area contributed by atoms with Crippen molar-refractivity contribution in [2.24, 2.45) is 5.41 Å². The van der Waals surface area contributed by atoms with E-state index in [4.69, 9.17) is 15.1 Å². The van der Waals surface area contributed by atoms with E-state index in [0.29, 0.717) is 5.75 Å². The first-order valence-corrected chi connectivity index (χ1v) is 7.33. The number of nitrogens with one attached hydrogen (secondary N) is 2. The number of ether oxygens (including phenoxy) is 1. The molecular formula is C16H14FN3O5. The summed E-state index contributed by atoms with van der Waals surface area (Å²) in [4.78, 5) is 26.9. The van der Waals surface area contributed by atoms with Crippen molar-refractivity contribution in [3.63, 3.8) is 0 Å². The van der Waals surface area contributed by atoms with E-state index in [9.17, 15) is 14.0 Å². The van der Waals surface area contributed by atoms with Gasteiger partial charge < -0.3 is 15.2 Å². The number of carboxylic acids is 1. The molecule has 2 aromatic rings. The van der Waals surface area contributed by atoms with Crippen molar-refractivity contribution in [3.05, 3.63) is 42.3 Å². The van der Waals surface area contributed by atoms with E-state index in [0.717, 1.165) is 6.07 Å². The van der Waals surface area contributed by atoms with Crippen LogP contribution in [0.15, 0.2) is 36.5 Å². The number of hydrogen-bond donors (Lipinski definition) is 4. The van der Waals surface area contributed by atoms with Gasteiger partial charge in [-0.3, -0.25) is 20.3 Å². The molecule has 130 valence electrons. The van der Waals surface area contributed by atoms with E-state index in [1.807, 2.05) is 5.48 Å². The highest BCUT2D eigenvalue weighted by Gasteiger charge is 2.57. The zero-order chi connectivity index (χ0) is 18.0. The Morgan fingerprint density at radius 2 is 1.92 bits per heavy atom. The molecule has 1 heterocycles. The summed E-state index contributed by atoms with van der Waals surface area (Å²) in [6.45, 7) is 0. The van der Waals surface area contributed by atoms with Crippen molar-refractivity contribution in [2.75, 3.05) is 10.8 Å². The van der Waals surface area contributed by atoms with E-state index in [-0.39, 0.29) is 30.1 Å². The van der Waals surface area contributed by atoms with E-state index in [2.05, 4.69) is 10.3 Å². The monoisotopic (exact) mass is 347 g/mol. The van der Waals surface area contributed by atoms with Gasteiger partial charge in [0.1, 0.15) is 22.7 Å². The maximum absolute atomic E-state index is 14.2. The van der Waals surface area contributed by atoms with Gasteiger partial charge in [0.15, 0.2) is 5.82 Å². The first-order valence-electron chi connectivity index (χ1n) is 7.33. The third-order valence-electron chi connectivity index (χ3n) is 3.86. The predicted octanol–water partition coefficient (Wildman–Crippen LogP) is 2.62. The number of anilines is 2. The number of rotatable bonds is 6. The van der Waals surface area contributed by atoms with Crippen molar-refractivity contribution in [2.45, 2.75) is 12.8 Å². The number of pyridine rings is 1. The van der Waals surface area contributed by atoms with Crippen LogP contribution in [0.2, 0.25) is 0 Å². The van der Waals surface area contributed by atoms with Crippen LogP contribution in [0, 0.1) is 11.2 Å². The van der Waals surface area contributed by atoms with Crippen molar-refractivity contribution >= 4 is 23.4 Å². The third-order valence-corrected chi connectivity index (χ3v) is 3.86. The average molecular weight is 347 g/mol. The summed E-state index contributed by atoms with van der Waals surface area (Å²) in [7, 11) is 0. The molecule has 25 heavy (non-hydrogen) atoms. The minimum absolute atomic E-state index is 0.127. The maximum atomic E-state index is 14.2. The lowest BCUT2D eigenvalue weighted by Gasteiger charge is -2.12. The summed E-state index contributed by atoms with van der Waals surface area (Å²) >= 11 is 0. The van der Waals surface area contributed by atoms with Crippen LogP contribution < -0.4 is 15.5 Å². The van der Waals surface area contributed by atoms with Crippen LogP contribution >= 0.6 is 0 Å². The fraction of sp³-hybridized carbons (Fsp3) is 0.188. The van der Waals surface area contributed by atoms with Gasteiger partial charge in [0, 0.05) is 18.3 Å². The lowest BCUT2D eigenvalue weighted by atomic mass is 10.1. The number of amides is 1. The summed E-state index contributed by atoms with van der Waals surface area (Å²) in [5.41, 5.74) is 0.284. The Hall–Kier alpha value is -3.20. The van der Waals surface area contributed by atoms with E-state index in [1.54, 1.807) is 0 Å². The molecule has 0 bridgehead atoms. The fourth-order valence-corrected chi connectivity index (χ4v) is 2.24. The maximum Gasteiger partial charge on any atom is 0.319 e. The second-order valence-corrected chi connectivity index (χ2v) is 5.57. The van der Waals surface area contributed by atoms with Crippen molar-refractivity contribution in [1.82, 2.24) is 4.98 Å². The van der Waals surface area contributed by atoms with Crippen LogP contribution in [0.25, 0.3) is 0 Å². The fourth-order valence-electron chi connectivity index (χ4n) is 2.24. The molecule has 3 rings (SSSR count). The topological polar surface area (TPSA) is 121 Å². The molecule has 1 aliphatic carbocycles. The Morgan fingerprint density at radius 3 is 2.52 bits per heavy atom. The quantitative estimate of drug-likeness (QED) is 0.468. The van der Waals surface area contributed by atoms with E-state index < -0.39 is 23.1 Å². The van der Waals surface area contributed by atoms with Crippen LogP contribution in [-0.2, 0) is 9.59 Å². The second kappa shape index (κ2) is 6.36. The smallest absolute Gasteiger partial charge is 0.319 e. The summed E-state index contributed by atoms with van der Waals surface area (Å²) in [5.74, 6) is -2.08. The Bertz CT molecular complexity index is 838. The zero-order valence-corrected chi connectivity index (χ0v) is 12.8. The lowest BCUT2D eigenvalue weighted by molar-refractivity contribution is -0.147. The van der Waals surface area contributed by atoms with Gasteiger partial charge in [0.25, 0.3) is 0 Å². The summed E-state index contributed by atoms with van der Waals surface area (Å²) < 4.78 is 19.6. The highest BCUT2D eigenvalue weighted by molar-refractivity contribution is 6.10. The SMILES string of the molecule is O=C(O)C1(C(=O)Nc2ccc(Oc3ccnc(NO)c3)cc2F)CC1. The number of carbonyl (C=O) groups excluding carboxylic acids is 1. The molecule has 0 saturated heterocycles. The molecule has 1 aromatic heterocycles. The highest BCUT2D eigenvalue weighted by atomic mass is 19.1. The van der Waals surface area contributed by atoms with Gasteiger partial charge in [-0.1, -0.05) is 0 Å². The van der Waals surface area contributed by atoms with Crippen LogP contribution in [-0.4, -0.2) is 27.2 Å². The van der Waals surface area contributed by atoms with E-state index >= 15 is 0 Å². The Labute approximate surface area is 141 Å². The lowest BCUT2D eigenvalue weighted by Crippen LogP contribution is -2.31. The van der Waals surface area contributed by atoms with Crippen molar-refractivity contribution in [1.29, 1.82) is 0 Å². The molecule has 0 radical (unpaired) electrons. The van der Waals surface area contributed by atoms with Gasteiger partial charge in [-0.25, -0.2) is 9.37 Å². The zero-order valence-electron chi connectivity index (χ0n) is 12.8. The summed E-state index contributed by atoms with van der Waals surface area (Å²) in [5, 5.41) is 20.2. The van der Waals surface area contributed by atoms with Crippen LogP contribution in [0.4, 0.5) is 15.9 Å². The Balaban J connectivity index is 1.72. The molecule has 1 aromatic carbocycles. The molecule has 9 heteroatoms. The van der Waals surface area contributed by atoms with Crippen LogP contribution in [0.5, 0.6) is 11.5 Å². The molecular weight excluding hydrogens is 333 g/mol. The molecule has 1 aliphatic rings. The highest BCUT2D eigenvalue weighted by Crippen LogP contribution is 2.47. The predicted molar refractivity (Wildman–Crippen MR) is 84.1 cm³/mol. The minimum atomic E-state index is -1.45. The number of carbonyl (C=O) groups is 2. The van der Waals surface area contributed by atoms with Crippen molar-refractivity contribution < 1.29 is 29.0 Å². The van der Waals surface area contributed by atoms with E-state index in [1.165, 1.54) is 30.5 Å². The third kappa shape index (κ3) is 3.36. The van der Waals surface area contributed by atoms with Gasteiger partial charge in [0.2, 0.25) is 5.91 Å². The average Bonchev–Trinajstić information content (AvgIpc) is 3.39. The molecule has 1 saturated carbocycles. The number of halogens is 1. The summed E-state index contributed by atoms with van der Waals surface area (Å²) in [6.07, 6.45) is 1.86. The van der Waals surface area contributed by atoms with Gasteiger partial charge in [-0.05, 0) is 31.0 Å². The first kappa shape index (κ1) is 16.7. The van der Waals surface area contributed by atoms with Crippen LogP contribution in [0.1, 0.15) is 12.8 Å². The number of aliphatic carboxylic acids is 1. The van der Waals surface area contributed by atoms with Crippen molar-refractivity contribution in [3.8, 4) is 11.5 Å². The molecule has 0 spiro atoms. The van der Waals surface area contributed by atoms with Gasteiger partial charge in [-0.2, -0.15) is 0 Å². The molecule has 0 aliphatic heterocycles. The second-order valence-electron chi connectivity index (χ2n) is 5.57. The van der Waals surface area contributed by atoms with Gasteiger partial charge in [-0.15, -0.1) is 0 Å². The standard InChI is InChI=1S/C16H14FN3O5/c17-11-7-9(25-10-3-6-18-13(8-10)20-24)1-2-12(11)19-14(21)16(4-5-16)15(22)23/h1-3,6-8,24H,4-5H2,(H,18,20)(H,19,21)(H,22,23). The molecule has 0 atom stereocenters. The molecule has 1 fully saturated rings. The number of hydrogen-bond acceptors (Lipinski definition) is 6. The largest absolute Gasteiger partial charge is 0.480 e. The molecule has 8 nitrogen and oxygen atoms in total. The molecule has 1 amide bonds. The minimum Gasteiger partial charge on any atom is -0.480 e. The summed E-state index contributed by atoms with van der Waals surface area (Å²) in [6, 6.07) is 6.68. The normalized spacial score (nSPS) is 14.5. The number of carboxylic acid groups (broad SMARTS) is 1. The van der Waals surface area contributed by atoms with Crippen LogP contribution in [0.3, 0.4) is 0 Å².